The summed E-state index contributed by atoms with van der Waals surface area (Å²) >= 11 is 1.05. The fourth-order valence-corrected chi connectivity index (χ4v) is 6.64. The Morgan fingerprint density at radius 3 is 2.56 bits per heavy atom. The van der Waals surface area contributed by atoms with Gasteiger partial charge in [0.25, 0.3) is 15.9 Å². The molecular weight excluding hydrogens is 480 g/mol. The molecule has 9 nitrogen and oxygen atoms in total. The van der Waals surface area contributed by atoms with Crippen molar-refractivity contribution in [2.24, 2.45) is 0 Å². The van der Waals surface area contributed by atoms with Gasteiger partial charge in [-0.25, -0.2) is 13.3 Å². The van der Waals surface area contributed by atoms with Crippen molar-refractivity contribution in [3.05, 3.63) is 65.5 Å². The molecule has 0 bridgehead atoms. The number of imide groups is 1. The first-order valence-electron chi connectivity index (χ1n) is 10.3. The third-order valence-electron chi connectivity index (χ3n) is 5.63. The zero-order valence-electron chi connectivity index (χ0n) is 18.0. The van der Waals surface area contributed by atoms with Crippen molar-refractivity contribution in [2.75, 3.05) is 18.8 Å². The summed E-state index contributed by atoms with van der Waals surface area (Å²) in [6.07, 6.45) is -0.264. The molecule has 5 rings (SSSR count). The van der Waals surface area contributed by atoms with E-state index >= 15 is 0 Å². The molecule has 3 heterocycles. The van der Waals surface area contributed by atoms with Crippen LogP contribution in [0.25, 0.3) is 0 Å². The van der Waals surface area contributed by atoms with Crippen molar-refractivity contribution in [1.82, 2.24) is 4.31 Å². The largest absolute Gasteiger partial charge is 0.497 e. The van der Waals surface area contributed by atoms with Crippen LogP contribution in [0.2, 0.25) is 0 Å². The molecule has 1 fully saturated rings. The maximum atomic E-state index is 13.6. The molecule has 0 saturated carbocycles. The summed E-state index contributed by atoms with van der Waals surface area (Å²) in [5.41, 5.74) is 0.961. The predicted octanol–water partition coefficient (Wildman–Crippen LogP) is 3.01. The van der Waals surface area contributed by atoms with Gasteiger partial charge in [0.15, 0.2) is 11.5 Å². The van der Waals surface area contributed by atoms with Crippen LogP contribution in [0.15, 0.2) is 64.2 Å². The number of hydrogen-bond donors (Lipinski definition) is 0. The lowest BCUT2D eigenvalue weighted by molar-refractivity contribution is -0.122. The van der Waals surface area contributed by atoms with Gasteiger partial charge >= 0.3 is 0 Å². The molecule has 1 saturated heterocycles. The molecule has 11 heteroatoms. The number of methoxy groups -OCH3 is 1. The lowest BCUT2D eigenvalue weighted by Gasteiger charge is -2.26. The average Bonchev–Trinajstić information content (AvgIpc) is 3.58. The highest BCUT2D eigenvalue weighted by molar-refractivity contribution is 7.91. The first-order valence-corrected chi connectivity index (χ1v) is 12.6. The van der Waals surface area contributed by atoms with Crippen molar-refractivity contribution in [1.29, 1.82) is 0 Å². The molecule has 2 aliphatic rings. The van der Waals surface area contributed by atoms with E-state index in [1.54, 1.807) is 53.9 Å². The number of ether oxygens (including phenoxy) is 3. The van der Waals surface area contributed by atoms with Crippen LogP contribution in [0.1, 0.15) is 12.0 Å². The van der Waals surface area contributed by atoms with Crippen molar-refractivity contribution in [3.8, 4) is 17.2 Å². The van der Waals surface area contributed by atoms with Crippen LogP contribution in [0.5, 0.6) is 17.2 Å². The van der Waals surface area contributed by atoms with E-state index in [-0.39, 0.29) is 24.0 Å². The van der Waals surface area contributed by atoms with Gasteiger partial charge < -0.3 is 14.2 Å². The molecule has 1 atom stereocenters. The zero-order valence-corrected chi connectivity index (χ0v) is 19.7. The number of rotatable bonds is 7. The highest BCUT2D eigenvalue weighted by atomic mass is 32.2. The fourth-order valence-electron chi connectivity index (χ4n) is 3.95. The topological polar surface area (TPSA) is 102 Å². The molecule has 3 aromatic rings. The molecule has 2 aromatic carbocycles. The van der Waals surface area contributed by atoms with E-state index in [2.05, 4.69) is 0 Å². The fraction of sp³-hybridized carbons (Fsp3) is 0.217. The number of benzene rings is 2. The number of fused-ring (bicyclic) bond motifs is 1. The summed E-state index contributed by atoms with van der Waals surface area (Å²) in [5.74, 6) is 0.561. The number of anilines is 1. The Bertz CT molecular complexity index is 1340. The third-order valence-corrected chi connectivity index (χ3v) is 8.86. The summed E-state index contributed by atoms with van der Waals surface area (Å²) in [4.78, 5) is 27.4. The van der Waals surface area contributed by atoms with Crippen LogP contribution >= 0.6 is 11.3 Å². The SMILES string of the molecule is COc1ccc(N2C(=O)CC(N(Cc3ccc4c(c3)OCO4)S(=O)(=O)c3cccs3)C2=O)cc1. The summed E-state index contributed by atoms with van der Waals surface area (Å²) in [5, 5.41) is 1.65. The van der Waals surface area contributed by atoms with Crippen LogP contribution in [-0.2, 0) is 26.2 Å². The van der Waals surface area contributed by atoms with Crippen LogP contribution in [-0.4, -0.2) is 44.5 Å². The van der Waals surface area contributed by atoms with Crippen molar-refractivity contribution < 1.29 is 32.2 Å². The van der Waals surface area contributed by atoms with Gasteiger partial charge in [0, 0.05) is 6.54 Å². The molecule has 176 valence electrons. The second kappa shape index (κ2) is 8.75. The second-order valence-corrected chi connectivity index (χ2v) is 10.7. The standard InChI is InChI=1S/C23H20N2O7S2/c1-30-17-7-5-16(6-8-17)25-21(26)12-18(23(25)27)24(34(28,29)22-3-2-10-33-22)13-15-4-9-19-20(11-15)32-14-31-19/h2-11,18H,12-14H2,1H3. The van der Waals surface area contributed by atoms with Gasteiger partial charge in [0.2, 0.25) is 12.7 Å². The molecule has 1 aromatic heterocycles. The number of carbonyl (C=O) groups is 2. The van der Waals surface area contributed by atoms with E-state index in [1.807, 2.05) is 0 Å². The second-order valence-electron chi connectivity index (χ2n) is 7.66. The van der Waals surface area contributed by atoms with Crippen LogP contribution in [0.3, 0.4) is 0 Å². The predicted molar refractivity (Wildman–Crippen MR) is 124 cm³/mol. The molecule has 2 aliphatic heterocycles. The Hall–Kier alpha value is -3.41. The van der Waals surface area contributed by atoms with Crippen molar-refractivity contribution in [2.45, 2.75) is 23.2 Å². The minimum atomic E-state index is -4.07. The summed E-state index contributed by atoms with van der Waals surface area (Å²) in [7, 11) is -2.55. The zero-order chi connectivity index (χ0) is 23.9. The molecule has 34 heavy (non-hydrogen) atoms. The number of amides is 2. The Kier molecular flexibility index (Phi) is 5.76. The molecule has 0 aliphatic carbocycles. The Labute approximate surface area is 200 Å². The van der Waals surface area contributed by atoms with Gasteiger partial charge in [0.1, 0.15) is 16.0 Å². The minimum Gasteiger partial charge on any atom is -0.497 e. The van der Waals surface area contributed by atoms with Gasteiger partial charge in [-0.2, -0.15) is 4.31 Å². The quantitative estimate of drug-likeness (QED) is 0.460. The van der Waals surface area contributed by atoms with E-state index in [9.17, 15) is 18.0 Å². The summed E-state index contributed by atoms with van der Waals surface area (Å²) < 4.78 is 44.2. The Balaban J connectivity index is 1.51. The van der Waals surface area contributed by atoms with E-state index in [0.717, 1.165) is 20.5 Å². The van der Waals surface area contributed by atoms with Gasteiger partial charge in [0.05, 0.1) is 19.2 Å². The molecular formula is C23H20N2O7S2. The minimum absolute atomic E-state index is 0.0857. The lowest BCUT2D eigenvalue weighted by atomic mass is 10.1. The molecule has 0 radical (unpaired) electrons. The molecule has 0 N–H and O–H groups in total. The van der Waals surface area contributed by atoms with Crippen LogP contribution in [0, 0.1) is 0 Å². The first kappa shape index (κ1) is 22.4. The maximum Gasteiger partial charge on any atom is 0.253 e. The monoisotopic (exact) mass is 500 g/mol. The number of nitrogens with zero attached hydrogens (tertiary/aromatic N) is 2. The molecule has 2 amide bonds. The van der Waals surface area contributed by atoms with Gasteiger partial charge in [-0.1, -0.05) is 12.1 Å². The number of sulfonamides is 1. The summed E-state index contributed by atoms with van der Waals surface area (Å²) in [6, 6.07) is 13.5. The van der Waals surface area contributed by atoms with E-state index in [0.29, 0.717) is 28.5 Å². The lowest BCUT2D eigenvalue weighted by Crippen LogP contribution is -2.44. The van der Waals surface area contributed by atoms with E-state index in [1.165, 1.54) is 13.2 Å². The van der Waals surface area contributed by atoms with E-state index in [4.69, 9.17) is 14.2 Å². The molecule has 0 spiro atoms. The number of carbonyl (C=O) groups excluding carboxylic acids is 2. The van der Waals surface area contributed by atoms with Crippen molar-refractivity contribution >= 4 is 38.9 Å². The highest BCUT2D eigenvalue weighted by Crippen LogP contribution is 2.36. The van der Waals surface area contributed by atoms with Gasteiger partial charge in [-0.15, -0.1) is 11.3 Å². The average molecular weight is 501 g/mol. The highest BCUT2D eigenvalue weighted by Gasteiger charge is 2.47. The third kappa shape index (κ3) is 3.91. The number of thiophene rings is 1. The van der Waals surface area contributed by atoms with Crippen molar-refractivity contribution in [3.63, 3.8) is 0 Å². The molecule has 1 unspecified atom stereocenters. The first-order chi connectivity index (χ1) is 16.4. The van der Waals surface area contributed by atoms with Gasteiger partial charge in [-0.05, 0) is 53.4 Å². The normalized spacial score (nSPS) is 17.6. The van der Waals surface area contributed by atoms with Crippen LogP contribution in [0.4, 0.5) is 5.69 Å². The Morgan fingerprint density at radius 1 is 1.09 bits per heavy atom. The number of hydrogen-bond acceptors (Lipinski definition) is 8. The van der Waals surface area contributed by atoms with Crippen LogP contribution < -0.4 is 19.1 Å². The summed E-state index contributed by atoms with van der Waals surface area (Å²) in [6.45, 7) is -0.0283. The maximum absolute atomic E-state index is 13.6. The Morgan fingerprint density at radius 2 is 1.85 bits per heavy atom. The van der Waals surface area contributed by atoms with Gasteiger partial charge in [-0.3, -0.25) is 9.59 Å². The van der Waals surface area contributed by atoms with E-state index < -0.39 is 27.9 Å². The smallest absolute Gasteiger partial charge is 0.253 e.